The molecule has 0 radical (unpaired) electrons. The van der Waals surface area contributed by atoms with Crippen LogP contribution in [0.3, 0.4) is 0 Å². The number of aliphatic imine (C=N–C) groups is 1. The van der Waals surface area contributed by atoms with E-state index in [1.165, 1.54) is 0 Å². The molecule has 5 aromatic carbocycles. The van der Waals surface area contributed by atoms with Crippen LogP contribution in [0.5, 0.6) is 11.5 Å². The van der Waals surface area contributed by atoms with Gasteiger partial charge in [-0.05, 0) is 70.8 Å². The summed E-state index contributed by atoms with van der Waals surface area (Å²) in [5.41, 5.74) is 14.8. The van der Waals surface area contributed by atoms with Gasteiger partial charge >= 0.3 is 0 Å². The molecule has 0 aliphatic carbocycles. The molecule has 0 saturated heterocycles. The molecule has 0 unspecified atom stereocenters. The summed E-state index contributed by atoms with van der Waals surface area (Å²) in [6, 6.07) is 34.9. The Morgan fingerprint density at radius 3 is 2.09 bits per heavy atom. The number of benzene rings is 5. The summed E-state index contributed by atoms with van der Waals surface area (Å²) in [7, 11) is 0. The number of carbonyl (C=O) groups excluding carboxylic acids is 1. The van der Waals surface area contributed by atoms with Crippen LogP contribution in [0.1, 0.15) is 50.8 Å². The summed E-state index contributed by atoms with van der Waals surface area (Å²) >= 11 is 0. The lowest BCUT2D eigenvalue weighted by Gasteiger charge is -2.20. The average molecular weight is 748 g/mol. The Morgan fingerprint density at radius 2 is 1.44 bits per heavy atom. The summed E-state index contributed by atoms with van der Waals surface area (Å²) < 4.78 is 14.9. The minimum Gasteiger partial charge on any atom is -0.493 e. The quantitative estimate of drug-likeness (QED) is 0.0462. The highest BCUT2D eigenvalue weighted by Crippen LogP contribution is 2.45. The molecule has 54 heavy (non-hydrogen) atoms. The SMILES string of the molecule is CC(C)CCOc1ccc2ccccc2c1-c1c(OCc2cn(C[C@@H](CCCN=C(N)N)NC(=O)CCc3ccccc3)nn2)ccc2ccccc12.Cl. The number of amides is 1. The zero-order valence-corrected chi connectivity index (χ0v) is 31.8. The summed E-state index contributed by atoms with van der Waals surface area (Å²) in [5.74, 6) is 2.12. The second kappa shape index (κ2) is 19.5. The highest BCUT2D eigenvalue weighted by atomic mass is 35.5. The molecule has 0 aliphatic rings. The van der Waals surface area contributed by atoms with Gasteiger partial charge in [-0.2, -0.15) is 0 Å². The average Bonchev–Trinajstić information content (AvgIpc) is 3.61. The molecule has 1 atom stereocenters. The first-order valence-electron chi connectivity index (χ1n) is 18.4. The Bertz CT molecular complexity index is 2150. The number of nitrogens with two attached hydrogens (primary N) is 2. The number of halogens is 1. The van der Waals surface area contributed by atoms with E-state index in [9.17, 15) is 4.79 Å². The Labute approximate surface area is 323 Å². The van der Waals surface area contributed by atoms with Crippen molar-refractivity contribution in [1.82, 2.24) is 20.3 Å². The van der Waals surface area contributed by atoms with Gasteiger partial charge in [-0.1, -0.05) is 110 Å². The standard InChI is InChI=1S/C43H49N7O3.ClH/c1-30(2)24-26-52-38-21-19-32-13-6-8-16-36(32)41(38)42-37-17-9-7-14-33(37)20-22-39(42)53-29-35-28-50(49-48-35)27-34(15-10-25-46-43(44)45)47-40(51)23-18-31-11-4-3-5-12-31;/h3-9,11-14,16-17,19-22,28,30,34H,10,15,18,23-27,29H2,1-2H3,(H,47,51)(H4,44,45,46);1H/t34-;/m1./s1. The number of fused-ring (bicyclic) bond motifs is 2. The van der Waals surface area contributed by atoms with Gasteiger partial charge in [0.25, 0.3) is 0 Å². The van der Waals surface area contributed by atoms with E-state index in [0.29, 0.717) is 57.0 Å². The van der Waals surface area contributed by atoms with Crippen molar-refractivity contribution >= 4 is 45.8 Å². The summed E-state index contributed by atoms with van der Waals surface area (Å²) in [5, 5.41) is 16.4. The number of ether oxygens (including phenoxy) is 2. The summed E-state index contributed by atoms with van der Waals surface area (Å²) in [6.45, 7) is 6.16. The van der Waals surface area contributed by atoms with E-state index in [-0.39, 0.29) is 36.9 Å². The maximum atomic E-state index is 13.0. The van der Waals surface area contributed by atoms with Gasteiger partial charge in [0.05, 0.1) is 19.3 Å². The van der Waals surface area contributed by atoms with E-state index in [2.05, 4.69) is 95.1 Å². The Hall–Kier alpha value is -5.61. The zero-order chi connectivity index (χ0) is 37.0. The van der Waals surface area contributed by atoms with E-state index in [1.807, 2.05) is 48.7 Å². The lowest BCUT2D eigenvalue weighted by molar-refractivity contribution is -0.121. The maximum absolute atomic E-state index is 13.0. The monoisotopic (exact) mass is 747 g/mol. The molecule has 1 amide bonds. The van der Waals surface area contributed by atoms with Gasteiger partial charge in [-0.3, -0.25) is 14.5 Å². The number of rotatable bonds is 18. The van der Waals surface area contributed by atoms with Crippen LogP contribution in [0.15, 0.2) is 114 Å². The fraction of sp³-hybridized carbons (Fsp3) is 0.302. The molecular weight excluding hydrogens is 698 g/mol. The summed E-state index contributed by atoms with van der Waals surface area (Å²) in [6.07, 6.45) is 5.26. The third kappa shape index (κ3) is 10.7. The van der Waals surface area contributed by atoms with E-state index in [1.54, 1.807) is 4.68 Å². The lowest BCUT2D eigenvalue weighted by atomic mass is 9.92. The van der Waals surface area contributed by atoms with E-state index < -0.39 is 0 Å². The first-order chi connectivity index (χ1) is 25.8. The van der Waals surface area contributed by atoms with Crippen LogP contribution in [0.4, 0.5) is 0 Å². The van der Waals surface area contributed by atoms with Crippen molar-refractivity contribution in [3.63, 3.8) is 0 Å². The largest absolute Gasteiger partial charge is 0.493 e. The van der Waals surface area contributed by atoms with Gasteiger partial charge in [0.1, 0.15) is 23.8 Å². The van der Waals surface area contributed by atoms with Crippen LogP contribution >= 0.6 is 12.4 Å². The van der Waals surface area contributed by atoms with Gasteiger partial charge in [0, 0.05) is 30.1 Å². The van der Waals surface area contributed by atoms with Crippen molar-refractivity contribution < 1.29 is 14.3 Å². The highest BCUT2D eigenvalue weighted by molar-refractivity contribution is 6.09. The second-order valence-electron chi connectivity index (χ2n) is 13.8. The number of hydrogen-bond donors (Lipinski definition) is 3. The van der Waals surface area contributed by atoms with Crippen molar-refractivity contribution in [3.05, 3.63) is 121 Å². The van der Waals surface area contributed by atoms with Crippen LogP contribution in [0, 0.1) is 5.92 Å². The topological polar surface area (TPSA) is 143 Å². The van der Waals surface area contributed by atoms with Crippen LogP contribution in [-0.4, -0.2) is 46.1 Å². The van der Waals surface area contributed by atoms with Gasteiger partial charge in [-0.25, -0.2) is 0 Å². The first kappa shape index (κ1) is 39.6. The van der Waals surface area contributed by atoms with Gasteiger partial charge in [0.15, 0.2) is 5.96 Å². The molecule has 1 aromatic heterocycles. The number of nitrogens with zero attached hydrogens (tertiary/aromatic N) is 4. The predicted octanol–water partition coefficient (Wildman–Crippen LogP) is 7.85. The van der Waals surface area contributed by atoms with Crippen LogP contribution in [0.2, 0.25) is 0 Å². The third-order valence-corrected chi connectivity index (χ3v) is 9.21. The smallest absolute Gasteiger partial charge is 0.220 e. The van der Waals surface area contributed by atoms with E-state index >= 15 is 0 Å². The van der Waals surface area contributed by atoms with E-state index in [4.69, 9.17) is 20.9 Å². The second-order valence-corrected chi connectivity index (χ2v) is 13.8. The lowest BCUT2D eigenvalue weighted by Crippen LogP contribution is -2.38. The molecule has 10 nitrogen and oxygen atoms in total. The number of nitrogens with one attached hydrogen (secondary N) is 1. The molecule has 0 bridgehead atoms. The number of guanidine groups is 1. The number of aryl methyl sites for hydroxylation is 1. The van der Waals surface area contributed by atoms with Crippen molar-refractivity contribution in [3.8, 4) is 22.6 Å². The fourth-order valence-electron chi connectivity index (χ4n) is 6.49. The van der Waals surface area contributed by atoms with E-state index in [0.717, 1.165) is 56.2 Å². The Balaban J connectivity index is 0.00000561. The highest BCUT2D eigenvalue weighted by Gasteiger charge is 2.20. The molecule has 6 rings (SSSR count). The minimum absolute atomic E-state index is 0. The fourth-order valence-corrected chi connectivity index (χ4v) is 6.49. The molecule has 1 heterocycles. The number of carbonyl (C=O) groups is 1. The van der Waals surface area contributed by atoms with Crippen molar-refractivity contribution in [2.24, 2.45) is 22.4 Å². The molecule has 11 heteroatoms. The van der Waals surface area contributed by atoms with Crippen molar-refractivity contribution in [2.75, 3.05) is 13.2 Å². The molecule has 0 aliphatic heterocycles. The normalized spacial score (nSPS) is 11.6. The van der Waals surface area contributed by atoms with Gasteiger partial charge < -0.3 is 26.3 Å². The minimum atomic E-state index is -0.185. The molecule has 0 spiro atoms. The Morgan fingerprint density at radius 1 is 0.815 bits per heavy atom. The van der Waals surface area contributed by atoms with Gasteiger partial charge in [-0.15, -0.1) is 17.5 Å². The molecule has 282 valence electrons. The molecule has 6 aromatic rings. The number of aromatic nitrogens is 3. The molecule has 5 N–H and O–H groups in total. The Kier molecular flexibility index (Phi) is 14.3. The summed E-state index contributed by atoms with van der Waals surface area (Å²) in [4.78, 5) is 17.1. The van der Waals surface area contributed by atoms with Crippen LogP contribution < -0.4 is 26.3 Å². The van der Waals surface area contributed by atoms with Gasteiger partial charge in [0.2, 0.25) is 5.91 Å². The predicted molar refractivity (Wildman–Crippen MR) is 220 cm³/mol. The van der Waals surface area contributed by atoms with Crippen LogP contribution in [-0.2, 0) is 24.4 Å². The van der Waals surface area contributed by atoms with Crippen molar-refractivity contribution in [2.45, 2.75) is 65.1 Å². The molecule has 0 fully saturated rings. The molecule has 0 saturated carbocycles. The van der Waals surface area contributed by atoms with Crippen LogP contribution in [0.25, 0.3) is 32.7 Å². The van der Waals surface area contributed by atoms with Crippen molar-refractivity contribution in [1.29, 1.82) is 0 Å². The first-order valence-corrected chi connectivity index (χ1v) is 18.4. The third-order valence-electron chi connectivity index (χ3n) is 9.21. The molecular formula is C43H50ClN7O3. The maximum Gasteiger partial charge on any atom is 0.220 e. The number of hydrogen-bond acceptors (Lipinski definition) is 6. The zero-order valence-electron chi connectivity index (χ0n) is 31.0.